The number of benzene rings is 1. The molecule has 1 atom stereocenters. The van der Waals surface area contributed by atoms with Crippen molar-refractivity contribution in [2.45, 2.75) is 57.4 Å². The van der Waals surface area contributed by atoms with E-state index in [2.05, 4.69) is 10.3 Å². The summed E-state index contributed by atoms with van der Waals surface area (Å²) in [5.74, 6) is 0.203. The van der Waals surface area contributed by atoms with Crippen molar-refractivity contribution in [1.29, 1.82) is 0 Å². The molecule has 0 unspecified atom stereocenters. The lowest BCUT2D eigenvalue weighted by Gasteiger charge is -2.33. The number of nitrogens with one attached hydrogen (secondary N) is 2. The fourth-order valence-corrected chi connectivity index (χ4v) is 4.54. The molecule has 2 fully saturated rings. The molecular weight excluding hydrogens is 338 g/mol. The Morgan fingerprint density at radius 3 is 2.74 bits per heavy atom. The quantitative estimate of drug-likeness (QED) is 0.870. The number of carbonyl (C=O) groups is 2. The number of rotatable bonds is 4. The lowest BCUT2D eigenvalue weighted by Crippen LogP contribution is -2.48. The van der Waals surface area contributed by atoms with Gasteiger partial charge in [0.15, 0.2) is 0 Å². The summed E-state index contributed by atoms with van der Waals surface area (Å²) in [4.78, 5) is 30.6. The molecular formula is C22H29N3O2. The molecule has 1 aromatic heterocycles. The van der Waals surface area contributed by atoms with E-state index in [1.165, 1.54) is 19.3 Å². The molecule has 5 nitrogen and oxygen atoms in total. The number of carbonyl (C=O) groups excluding carboxylic acids is 2. The van der Waals surface area contributed by atoms with Crippen LogP contribution in [0.5, 0.6) is 0 Å². The summed E-state index contributed by atoms with van der Waals surface area (Å²) in [5.41, 5.74) is 2.09. The number of nitrogens with zero attached hydrogens (tertiary/aromatic N) is 1. The first-order valence-corrected chi connectivity index (χ1v) is 10.3. The highest BCUT2D eigenvalue weighted by atomic mass is 16.2. The van der Waals surface area contributed by atoms with Gasteiger partial charge in [-0.15, -0.1) is 0 Å². The number of aromatic nitrogens is 1. The molecule has 1 aliphatic carbocycles. The standard InChI is InChI=1S/C22H29N3O2/c26-21(13-17-14-23-20-11-5-4-10-19(17)20)25-12-6-7-16(15-25)22(27)24-18-8-2-1-3-9-18/h4-5,10-11,14,16,18,23H,1-3,6-9,12-13,15H2,(H,24,27)/t16-/m0/s1. The van der Waals surface area contributed by atoms with Gasteiger partial charge >= 0.3 is 0 Å². The van der Waals surface area contributed by atoms with Crippen LogP contribution >= 0.6 is 0 Å². The van der Waals surface area contributed by atoms with E-state index in [1.807, 2.05) is 35.4 Å². The molecule has 2 amide bonds. The van der Waals surface area contributed by atoms with Crippen molar-refractivity contribution in [2.75, 3.05) is 13.1 Å². The van der Waals surface area contributed by atoms with Crippen LogP contribution in [0.3, 0.4) is 0 Å². The number of hydrogen-bond donors (Lipinski definition) is 2. The van der Waals surface area contributed by atoms with Gasteiger partial charge in [-0.25, -0.2) is 0 Å². The molecule has 5 heteroatoms. The first-order chi connectivity index (χ1) is 13.2. The van der Waals surface area contributed by atoms with Gasteiger partial charge in [-0.2, -0.15) is 0 Å². The molecule has 27 heavy (non-hydrogen) atoms. The van der Waals surface area contributed by atoms with Crippen molar-refractivity contribution in [3.05, 3.63) is 36.0 Å². The number of aromatic amines is 1. The Labute approximate surface area is 160 Å². The number of para-hydroxylation sites is 1. The SMILES string of the molecule is O=C(NC1CCCCC1)[C@H]1CCCN(C(=O)Cc2c[nH]c3ccccc23)C1. The van der Waals surface area contributed by atoms with Crippen LogP contribution in [0, 0.1) is 5.92 Å². The monoisotopic (exact) mass is 367 g/mol. The minimum Gasteiger partial charge on any atom is -0.361 e. The third-order valence-corrected chi connectivity index (χ3v) is 6.11. The molecule has 0 bridgehead atoms. The minimum absolute atomic E-state index is 0.0624. The number of piperidine rings is 1. The second-order valence-corrected chi connectivity index (χ2v) is 8.06. The molecule has 2 aliphatic rings. The average molecular weight is 367 g/mol. The van der Waals surface area contributed by atoms with Crippen molar-refractivity contribution in [3.63, 3.8) is 0 Å². The van der Waals surface area contributed by atoms with E-state index in [4.69, 9.17) is 0 Å². The molecule has 2 aromatic rings. The molecule has 144 valence electrons. The van der Waals surface area contributed by atoms with Crippen LogP contribution < -0.4 is 5.32 Å². The number of likely N-dealkylation sites (tertiary alicyclic amines) is 1. The first kappa shape index (κ1) is 18.1. The van der Waals surface area contributed by atoms with E-state index in [0.29, 0.717) is 19.0 Å². The topological polar surface area (TPSA) is 65.2 Å². The third kappa shape index (κ3) is 4.18. The van der Waals surface area contributed by atoms with Gasteiger partial charge in [0.2, 0.25) is 11.8 Å². The van der Waals surface area contributed by atoms with Gasteiger partial charge < -0.3 is 15.2 Å². The Bertz CT molecular complexity index is 807. The fourth-order valence-electron chi connectivity index (χ4n) is 4.54. The van der Waals surface area contributed by atoms with Gasteiger partial charge in [0.05, 0.1) is 12.3 Å². The molecule has 1 aromatic carbocycles. The molecule has 1 saturated heterocycles. The maximum Gasteiger partial charge on any atom is 0.227 e. The Morgan fingerprint density at radius 1 is 1.07 bits per heavy atom. The molecule has 2 heterocycles. The normalized spacial score (nSPS) is 21.3. The van der Waals surface area contributed by atoms with Crippen LogP contribution in [0.15, 0.2) is 30.5 Å². The highest BCUT2D eigenvalue weighted by molar-refractivity contribution is 5.89. The number of hydrogen-bond acceptors (Lipinski definition) is 2. The zero-order chi connectivity index (χ0) is 18.6. The molecule has 4 rings (SSSR count). The smallest absolute Gasteiger partial charge is 0.227 e. The van der Waals surface area contributed by atoms with Gasteiger partial charge in [0, 0.05) is 36.2 Å². The van der Waals surface area contributed by atoms with Crippen LogP contribution in [0.1, 0.15) is 50.5 Å². The maximum absolute atomic E-state index is 12.8. The molecule has 2 N–H and O–H groups in total. The van der Waals surface area contributed by atoms with Crippen LogP contribution in [0.4, 0.5) is 0 Å². The van der Waals surface area contributed by atoms with Crippen molar-refractivity contribution >= 4 is 22.7 Å². The van der Waals surface area contributed by atoms with E-state index >= 15 is 0 Å². The zero-order valence-electron chi connectivity index (χ0n) is 15.9. The van der Waals surface area contributed by atoms with Crippen LogP contribution in [-0.4, -0.2) is 40.8 Å². The zero-order valence-corrected chi connectivity index (χ0v) is 15.9. The highest BCUT2D eigenvalue weighted by Gasteiger charge is 2.30. The fraction of sp³-hybridized carbons (Fsp3) is 0.545. The predicted molar refractivity (Wildman–Crippen MR) is 106 cm³/mol. The van der Waals surface area contributed by atoms with Crippen LogP contribution in [0.2, 0.25) is 0 Å². The summed E-state index contributed by atoms with van der Waals surface area (Å²) in [5, 5.41) is 4.34. The second-order valence-electron chi connectivity index (χ2n) is 8.06. The number of H-pyrrole nitrogens is 1. The summed E-state index contributed by atoms with van der Waals surface area (Å²) in [6, 6.07) is 8.39. The van der Waals surface area contributed by atoms with Gasteiger partial charge in [-0.3, -0.25) is 9.59 Å². The van der Waals surface area contributed by atoms with Crippen LogP contribution in [0.25, 0.3) is 10.9 Å². The Balaban J connectivity index is 1.35. The Hall–Kier alpha value is -2.30. The average Bonchev–Trinajstić information content (AvgIpc) is 3.12. The van der Waals surface area contributed by atoms with E-state index in [9.17, 15) is 9.59 Å². The largest absolute Gasteiger partial charge is 0.361 e. The second kappa shape index (κ2) is 8.15. The highest BCUT2D eigenvalue weighted by Crippen LogP contribution is 2.23. The summed E-state index contributed by atoms with van der Waals surface area (Å²) in [6.45, 7) is 1.31. The number of amides is 2. The minimum atomic E-state index is -0.0624. The third-order valence-electron chi connectivity index (χ3n) is 6.11. The van der Waals surface area contributed by atoms with Crippen molar-refractivity contribution in [2.24, 2.45) is 5.92 Å². The van der Waals surface area contributed by atoms with Gasteiger partial charge in [0.1, 0.15) is 0 Å². The van der Waals surface area contributed by atoms with Gasteiger partial charge in [-0.1, -0.05) is 37.5 Å². The Morgan fingerprint density at radius 2 is 1.89 bits per heavy atom. The van der Waals surface area contributed by atoms with E-state index in [1.54, 1.807) is 0 Å². The lowest BCUT2D eigenvalue weighted by atomic mass is 9.93. The Kier molecular flexibility index (Phi) is 5.46. The molecule has 0 radical (unpaired) electrons. The van der Waals surface area contributed by atoms with E-state index in [0.717, 1.165) is 48.7 Å². The molecule has 0 spiro atoms. The van der Waals surface area contributed by atoms with Crippen molar-refractivity contribution < 1.29 is 9.59 Å². The molecule has 1 saturated carbocycles. The van der Waals surface area contributed by atoms with Gasteiger partial charge in [-0.05, 0) is 37.3 Å². The molecule has 1 aliphatic heterocycles. The summed E-state index contributed by atoms with van der Waals surface area (Å²) in [6.07, 6.45) is 10.0. The van der Waals surface area contributed by atoms with Crippen molar-refractivity contribution in [1.82, 2.24) is 15.2 Å². The van der Waals surface area contributed by atoms with Crippen LogP contribution in [-0.2, 0) is 16.0 Å². The van der Waals surface area contributed by atoms with E-state index < -0.39 is 0 Å². The lowest BCUT2D eigenvalue weighted by molar-refractivity contribution is -0.135. The van der Waals surface area contributed by atoms with Crippen molar-refractivity contribution in [3.8, 4) is 0 Å². The first-order valence-electron chi connectivity index (χ1n) is 10.3. The number of fused-ring (bicyclic) bond motifs is 1. The summed E-state index contributed by atoms with van der Waals surface area (Å²) >= 11 is 0. The maximum atomic E-state index is 12.8. The van der Waals surface area contributed by atoms with Gasteiger partial charge in [0.25, 0.3) is 0 Å². The summed E-state index contributed by atoms with van der Waals surface area (Å²) < 4.78 is 0. The summed E-state index contributed by atoms with van der Waals surface area (Å²) in [7, 11) is 0. The van der Waals surface area contributed by atoms with E-state index in [-0.39, 0.29) is 17.7 Å². The predicted octanol–water partition coefficient (Wildman–Crippen LogP) is 3.40.